The lowest BCUT2D eigenvalue weighted by Crippen LogP contribution is -1.95. The third-order valence-corrected chi connectivity index (χ3v) is 2.07. The SMILES string of the molecule is Cc1cnc2nc(C)c(C)nc2c1. The Kier molecular flexibility index (Phi) is 1.72. The van der Waals surface area contributed by atoms with Crippen molar-refractivity contribution in [3.05, 3.63) is 29.2 Å². The van der Waals surface area contributed by atoms with Crippen LogP contribution in [0, 0.1) is 20.8 Å². The molecule has 0 N–H and O–H groups in total. The summed E-state index contributed by atoms with van der Waals surface area (Å²) in [6.07, 6.45) is 1.81. The van der Waals surface area contributed by atoms with Gasteiger partial charge in [0.15, 0.2) is 5.65 Å². The topological polar surface area (TPSA) is 38.7 Å². The zero-order chi connectivity index (χ0) is 9.42. The van der Waals surface area contributed by atoms with E-state index >= 15 is 0 Å². The Bertz CT molecular complexity index is 463. The van der Waals surface area contributed by atoms with Crippen molar-refractivity contribution in [2.45, 2.75) is 20.8 Å². The second kappa shape index (κ2) is 2.76. The Morgan fingerprint density at radius 1 is 1.00 bits per heavy atom. The molecule has 3 heteroatoms. The molecule has 3 nitrogen and oxygen atoms in total. The van der Waals surface area contributed by atoms with Crippen molar-refractivity contribution in [1.82, 2.24) is 15.0 Å². The maximum atomic E-state index is 4.41. The first-order valence-electron chi connectivity index (χ1n) is 4.24. The molecule has 0 saturated carbocycles. The third-order valence-electron chi connectivity index (χ3n) is 2.07. The van der Waals surface area contributed by atoms with E-state index in [1.807, 2.05) is 33.0 Å². The van der Waals surface area contributed by atoms with Crippen molar-refractivity contribution >= 4 is 11.2 Å². The smallest absolute Gasteiger partial charge is 0.178 e. The Balaban J connectivity index is 2.81. The molecule has 0 fully saturated rings. The normalized spacial score (nSPS) is 10.7. The van der Waals surface area contributed by atoms with Gasteiger partial charge in [-0.25, -0.2) is 15.0 Å². The van der Waals surface area contributed by atoms with Gasteiger partial charge in [0, 0.05) is 6.20 Å². The highest BCUT2D eigenvalue weighted by atomic mass is 14.9. The summed E-state index contributed by atoms with van der Waals surface area (Å²) in [4.78, 5) is 13.0. The van der Waals surface area contributed by atoms with Crippen LogP contribution in [-0.2, 0) is 0 Å². The van der Waals surface area contributed by atoms with Gasteiger partial charge in [-0.3, -0.25) is 0 Å². The average Bonchev–Trinajstić information content (AvgIpc) is 2.08. The quantitative estimate of drug-likeness (QED) is 0.611. The largest absolute Gasteiger partial charge is 0.248 e. The van der Waals surface area contributed by atoms with Crippen LogP contribution in [-0.4, -0.2) is 15.0 Å². The van der Waals surface area contributed by atoms with Crippen molar-refractivity contribution in [3.63, 3.8) is 0 Å². The maximum absolute atomic E-state index is 4.41. The van der Waals surface area contributed by atoms with Crippen LogP contribution in [0.4, 0.5) is 0 Å². The Morgan fingerprint density at radius 3 is 2.46 bits per heavy atom. The maximum Gasteiger partial charge on any atom is 0.178 e. The van der Waals surface area contributed by atoms with Crippen LogP contribution in [0.25, 0.3) is 11.2 Å². The van der Waals surface area contributed by atoms with Gasteiger partial charge in [-0.15, -0.1) is 0 Å². The predicted octanol–water partition coefficient (Wildman–Crippen LogP) is 1.95. The van der Waals surface area contributed by atoms with E-state index in [2.05, 4.69) is 15.0 Å². The Morgan fingerprint density at radius 2 is 1.69 bits per heavy atom. The summed E-state index contributed by atoms with van der Waals surface area (Å²) in [5.41, 5.74) is 4.64. The Hall–Kier alpha value is -1.51. The molecule has 0 aliphatic carbocycles. The van der Waals surface area contributed by atoms with Gasteiger partial charge in [-0.1, -0.05) is 0 Å². The third kappa shape index (κ3) is 1.37. The lowest BCUT2D eigenvalue weighted by atomic mass is 10.3. The van der Waals surface area contributed by atoms with E-state index in [9.17, 15) is 0 Å². The highest BCUT2D eigenvalue weighted by molar-refractivity contribution is 5.70. The summed E-state index contributed by atoms with van der Waals surface area (Å²) in [6, 6.07) is 2.00. The van der Waals surface area contributed by atoms with E-state index in [1.54, 1.807) is 0 Å². The monoisotopic (exact) mass is 173 g/mol. The van der Waals surface area contributed by atoms with Crippen molar-refractivity contribution in [2.24, 2.45) is 0 Å². The molecule has 0 atom stereocenters. The molecule has 2 rings (SSSR count). The summed E-state index contributed by atoms with van der Waals surface area (Å²) in [6.45, 7) is 5.91. The highest BCUT2D eigenvalue weighted by Crippen LogP contribution is 2.10. The van der Waals surface area contributed by atoms with Gasteiger partial charge in [0.25, 0.3) is 0 Å². The lowest BCUT2D eigenvalue weighted by Gasteiger charge is -2.01. The van der Waals surface area contributed by atoms with E-state index < -0.39 is 0 Å². The fourth-order valence-corrected chi connectivity index (χ4v) is 1.22. The van der Waals surface area contributed by atoms with E-state index in [0.717, 1.165) is 28.1 Å². The van der Waals surface area contributed by atoms with Gasteiger partial charge in [0.05, 0.1) is 11.4 Å². The summed E-state index contributed by atoms with van der Waals surface area (Å²) < 4.78 is 0. The minimum Gasteiger partial charge on any atom is -0.248 e. The minimum absolute atomic E-state index is 0.730. The number of aromatic nitrogens is 3. The highest BCUT2D eigenvalue weighted by Gasteiger charge is 2.01. The molecule has 66 valence electrons. The number of hydrogen-bond donors (Lipinski definition) is 0. The molecule has 0 spiro atoms. The average molecular weight is 173 g/mol. The van der Waals surface area contributed by atoms with Gasteiger partial charge in [-0.05, 0) is 32.4 Å². The number of nitrogens with zero attached hydrogens (tertiary/aromatic N) is 3. The van der Waals surface area contributed by atoms with Crippen LogP contribution in [0.15, 0.2) is 12.3 Å². The molecule has 0 aliphatic heterocycles. The molecule has 13 heavy (non-hydrogen) atoms. The number of fused-ring (bicyclic) bond motifs is 1. The first-order valence-corrected chi connectivity index (χ1v) is 4.24. The molecule has 0 aromatic carbocycles. The molecule has 0 saturated heterocycles. The number of pyridine rings is 1. The van der Waals surface area contributed by atoms with Crippen LogP contribution in [0.3, 0.4) is 0 Å². The van der Waals surface area contributed by atoms with Crippen molar-refractivity contribution in [1.29, 1.82) is 0 Å². The molecule has 0 bridgehead atoms. The van der Waals surface area contributed by atoms with Gasteiger partial charge in [0.2, 0.25) is 0 Å². The zero-order valence-electron chi connectivity index (χ0n) is 8.00. The van der Waals surface area contributed by atoms with Crippen LogP contribution in [0.2, 0.25) is 0 Å². The molecular weight excluding hydrogens is 162 g/mol. The standard InChI is InChI=1S/C10H11N3/c1-6-4-9-10(11-5-6)13-8(3)7(2)12-9/h4-5H,1-3H3. The molecule has 0 aliphatic rings. The van der Waals surface area contributed by atoms with Gasteiger partial charge < -0.3 is 0 Å². The summed E-state index contributed by atoms with van der Waals surface area (Å²) >= 11 is 0. The zero-order valence-corrected chi connectivity index (χ0v) is 8.00. The van der Waals surface area contributed by atoms with Crippen LogP contribution >= 0.6 is 0 Å². The van der Waals surface area contributed by atoms with E-state index in [0.29, 0.717) is 0 Å². The fourth-order valence-electron chi connectivity index (χ4n) is 1.22. The molecular formula is C10H11N3. The fraction of sp³-hybridized carbons (Fsp3) is 0.300. The number of hydrogen-bond acceptors (Lipinski definition) is 3. The van der Waals surface area contributed by atoms with Gasteiger partial charge >= 0.3 is 0 Å². The summed E-state index contributed by atoms with van der Waals surface area (Å²) in [5, 5.41) is 0. The van der Waals surface area contributed by atoms with Crippen LogP contribution in [0.1, 0.15) is 17.0 Å². The molecule has 2 aromatic heterocycles. The van der Waals surface area contributed by atoms with E-state index in [4.69, 9.17) is 0 Å². The second-order valence-electron chi connectivity index (χ2n) is 3.25. The van der Waals surface area contributed by atoms with Gasteiger partial charge in [0.1, 0.15) is 5.52 Å². The van der Waals surface area contributed by atoms with E-state index in [1.165, 1.54) is 0 Å². The molecule has 2 aromatic rings. The summed E-state index contributed by atoms with van der Waals surface area (Å²) in [5.74, 6) is 0. The Labute approximate surface area is 76.9 Å². The lowest BCUT2D eigenvalue weighted by molar-refractivity contribution is 1.07. The number of aryl methyl sites for hydroxylation is 3. The molecule has 0 amide bonds. The van der Waals surface area contributed by atoms with Gasteiger partial charge in [-0.2, -0.15) is 0 Å². The first kappa shape index (κ1) is 8.10. The number of rotatable bonds is 0. The van der Waals surface area contributed by atoms with E-state index in [-0.39, 0.29) is 0 Å². The second-order valence-corrected chi connectivity index (χ2v) is 3.25. The molecule has 2 heterocycles. The van der Waals surface area contributed by atoms with Crippen molar-refractivity contribution in [2.75, 3.05) is 0 Å². The summed E-state index contributed by atoms with van der Waals surface area (Å²) in [7, 11) is 0. The molecule has 0 radical (unpaired) electrons. The van der Waals surface area contributed by atoms with Crippen molar-refractivity contribution in [3.8, 4) is 0 Å². The van der Waals surface area contributed by atoms with Crippen molar-refractivity contribution < 1.29 is 0 Å². The molecule has 0 unspecified atom stereocenters. The minimum atomic E-state index is 0.730. The van der Waals surface area contributed by atoms with Crippen LogP contribution < -0.4 is 0 Å². The van der Waals surface area contributed by atoms with Crippen LogP contribution in [0.5, 0.6) is 0 Å². The predicted molar refractivity (Wildman–Crippen MR) is 51.5 cm³/mol. The first-order chi connectivity index (χ1) is 6.16.